The molecule has 1 amide bonds. The minimum Gasteiger partial charge on any atom is -0.344 e. The molecule has 1 aromatic heterocycles. The number of halogens is 2. The van der Waals surface area contributed by atoms with Gasteiger partial charge in [0.05, 0.1) is 5.69 Å². The van der Waals surface area contributed by atoms with Gasteiger partial charge < -0.3 is 10.2 Å². The predicted molar refractivity (Wildman–Crippen MR) is 91.6 cm³/mol. The summed E-state index contributed by atoms with van der Waals surface area (Å²) >= 11 is 0. The van der Waals surface area contributed by atoms with Gasteiger partial charge in [-0.2, -0.15) is 5.10 Å². The smallest absolute Gasteiger partial charge is 0.225 e. The van der Waals surface area contributed by atoms with E-state index in [1.54, 1.807) is 4.90 Å². The summed E-state index contributed by atoms with van der Waals surface area (Å²) in [6, 6.07) is 0. The summed E-state index contributed by atoms with van der Waals surface area (Å²) in [5.74, 6) is 0.182. The van der Waals surface area contributed by atoms with Gasteiger partial charge in [-0.25, -0.2) is 0 Å². The number of aryl methyl sites for hydroxylation is 2. The minimum absolute atomic E-state index is 0. The third-order valence-corrected chi connectivity index (χ3v) is 3.66. The molecule has 7 heteroatoms. The van der Waals surface area contributed by atoms with Crippen LogP contribution in [0.5, 0.6) is 0 Å². The first-order valence-electron chi connectivity index (χ1n) is 6.77. The lowest BCUT2D eigenvalue weighted by Crippen LogP contribution is -2.36. The van der Waals surface area contributed by atoms with Crippen LogP contribution >= 0.6 is 24.8 Å². The number of rotatable bonds is 6. The lowest BCUT2D eigenvalue weighted by atomic mass is 9.98. The van der Waals surface area contributed by atoms with Gasteiger partial charge in [0.15, 0.2) is 0 Å². The maximum atomic E-state index is 12.3. The maximum Gasteiger partial charge on any atom is 0.225 e. The molecule has 0 radical (unpaired) electrons. The van der Waals surface area contributed by atoms with Gasteiger partial charge in [-0.3, -0.25) is 9.48 Å². The molecule has 0 aliphatic carbocycles. The Balaban J connectivity index is 0. The van der Waals surface area contributed by atoms with Crippen LogP contribution in [-0.2, 0) is 18.3 Å². The number of likely N-dealkylation sites (N-methyl/N-ethyl adjacent to an activating group) is 2. The van der Waals surface area contributed by atoms with Gasteiger partial charge in [0.25, 0.3) is 0 Å². The van der Waals surface area contributed by atoms with Crippen LogP contribution in [0.2, 0.25) is 0 Å². The summed E-state index contributed by atoms with van der Waals surface area (Å²) < 4.78 is 1.88. The Labute approximate surface area is 140 Å². The van der Waals surface area contributed by atoms with Crippen molar-refractivity contribution in [1.29, 1.82) is 0 Å². The highest BCUT2D eigenvalue weighted by molar-refractivity contribution is 5.85. The summed E-state index contributed by atoms with van der Waals surface area (Å²) in [6.07, 6.45) is 0.758. The van der Waals surface area contributed by atoms with Crippen molar-refractivity contribution in [3.05, 3.63) is 17.0 Å². The zero-order valence-electron chi connectivity index (χ0n) is 13.8. The Morgan fingerprint density at radius 3 is 2.38 bits per heavy atom. The van der Waals surface area contributed by atoms with Gasteiger partial charge in [-0.15, -0.1) is 24.8 Å². The number of amides is 1. The van der Waals surface area contributed by atoms with Crippen molar-refractivity contribution < 1.29 is 4.79 Å². The fourth-order valence-corrected chi connectivity index (χ4v) is 2.27. The zero-order valence-corrected chi connectivity index (χ0v) is 15.4. The molecule has 1 aromatic rings. The summed E-state index contributed by atoms with van der Waals surface area (Å²) in [7, 11) is 5.70. The molecule has 124 valence electrons. The molecule has 21 heavy (non-hydrogen) atoms. The zero-order chi connectivity index (χ0) is 14.6. The van der Waals surface area contributed by atoms with Gasteiger partial charge in [0.1, 0.15) is 0 Å². The number of aromatic nitrogens is 2. The molecular weight excluding hydrogens is 311 g/mol. The lowest BCUT2D eigenvalue weighted by Gasteiger charge is -2.21. The third kappa shape index (κ3) is 5.85. The van der Waals surface area contributed by atoms with E-state index in [1.807, 2.05) is 39.7 Å². The van der Waals surface area contributed by atoms with E-state index in [2.05, 4.69) is 17.3 Å². The van der Waals surface area contributed by atoms with Crippen molar-refractivity contribution in [3.8, 4) is 0 Å². The van der Waals surface area contributed by atoms with E-state index in [4.69, 9.17) is 0 Å². The first kappa shape index (κ1) is 22.5. The molecule has 0 saturated carbocycles. The molecule has 1 atom stereocenters. The fourth-order valence-electron chi connectivity index (χ4n) is 2.27. The van der Waals surface area contributed by atoms with Crippen LogP contribution in [0.1, 0.15) is 23.9 Å². The van der Waals surface area contributed by atoms with Crippen molar-refractivity contribution in [2.24, 2.45) is 13.0 Å². The molecule has 1 rings (SSSR count). The molecule has 1 unspecified atom stereocenters. The van der Waals surface area contributed by atoms with E-state index in [0.29, 0.717) is 0 Å². The number of hydrogen-bond donors (Lipinski definition) is 1. The van der Waals surface area contributed by atoms with E-state index >= 15 is 0 Å². The number of nitrogens with one attached hydrogen (secondary N) is 1. The molecule has 0 saturated heterocycles. The van der Waals surface area contributed by atoms with E-state index in [9.17, 15) is 4.79 Å². The van der Waals surface area contributed by atoms with Crippen molar-refractivity contribution in [3.63, 3.8) is 0 Å². The highest BCUT2D eigenvalue weighted by Crippen LogP contribution is 2.17. The second-order valence-corrected chi connectivity index (χ2v) is 5.24. The molecular formula is C14H28Cl2N4O. The standard InChI is InChI=1S/C14H26N4O.2ClH/c1-10(14(19)17(5)8-7-15-4)9-13-11(2)16-18(6)12(13)3;;/h10,15H,7-9H2,1-6H3;2*1H. The summed E-state index contributed by atoms with van der Waals surface area (Å²) in [6.45, 7) is 7.61. The highest BCUT2D eigenvalue weighted by atomic mass is 35.5. The first-order chi connectivity index (χ1) is 8.88. The molecule has 0 aromatic carbocycles. The molecule has 0 spiro atoms. The molecule has 0 aliphatic heterocycles. The molecule has 1 heterocycles. The van der Waals surface area contributed by atoms with Crippen LogP contribution in [0, 0.1) is 19.8 Å². The average molecular weight is 339 g/mol. The van der Waals surface area contributed by atoms with Gasteiger partial charge in [0, 0.05) is 38.8 Å². The fraction of sp³-hybridized carbons (Fsp3) is 0.714. The summed E-state index contributed by atoms with van der Waals surface area (Å²) in [5, 5.41) is 7.46. The van der Waals surface area contributed by atoms with Gasteiger partial charge in [-0.1, -0.05) is 6.92 Å². The SMILES string of the molecule is CNCCN(C)C(=O)C(C)Cc1c(C)nn(C)c1C.Cl.Cl. The van der Waals surface area contributed by atoms with Crippen LogP contribution in [0.3, 0.4) is 0 Å². The van der Waals surface area contributed by atoms with E-state index in [0.717, 1.165) is 30.9 Å². The Hall–Kier alpha value is -0.780. The van der Waals surface area contributed by atoms with E-state index < -0.39 is 0 Å². The summed E-state index contributed by atoms with van der Waals surface area (Å²) in [5.41, 5.74) is 3.37. The van der Waals surface area contributed by atoms with Gasteiger partial charge >= 0.3 is 0 Å². The number of carbonyl (C=O) groups excluding carboxylic acids is 1. The van der Waals surface area contributed by atoms with Crippen LogP contribution in [0.4, 0.5) is 0 Å². The first-order valence-corrected chi connectivity index (χ1v) is 6.77. The van der Waals surface area contributed by atoms with Crippen LogP contribution < -0.4 is 5.32 Å². The van der Waals surface area contributed by atoms with E-state index in [1.165, 1.54) is 5.56 Å². The van der Waals surface area contributed by atoms with Crippen molar-refractivity contribution in [2.45, 2.75) is 27.2 Å². The van der Waals surface area contributed by atoms with Gasteiger partial charge in [-0.05, 0) is 32.9 Å². The Bertz CT molecular complexity index is 448. The quantitative estimate of drug-likeness (QED) is 0.859. The normalized spacial score (nSPS) is 11.3. The number of hydrogen-bond acceptors (Lipinski definition) is 3. The minimum atomic E-state index is -0.0107. The van der Waals surface area contributed by atoms with E-state index in [-0.39, 0.29) is 36.6 Å². The molecule has 0 fully saturated rings. The third-order valence-electron chi connectivity index (χ3n) is 3.66. The second-order valence-electron chi connectivity index (χ2n) is 5.24. The molecule has 0 bridgehead atoms. The number of nitrogens with zero attached hydrogens (tertiary/aromatic N) is 3. The topological polar surface area (TPSA) is 50.2 Å². The predicted octanol–water partition coefficient (Wildman–Crippen LogP) is 1.74. The van der Waals surface area contributed by atoms with Gasteiger partial charge in [0.2, 0.25) is 5.91 Å². The Morgan fingerprint density at radius 2 is 1.95 bits per heavy atom. The van der Waals surface area contributed by atoms with Crippen LogP contribution in [0.25, 0.3) is 0 Å². The Morgan fingerprint density at radius 1 is 1.38 bits per heavy atom. The largest absolute Gasteiger partial charge is 0.344 e. The van der Waals surface area contributed by atoms with Crippen molar-refractivity contribution >= 4 is 30.7 Å². The maximum absolute atomic E-state index is 12.3. The second kappa shape index (κ2) is 10.0. The molecule has 0 aliphatic rings. The van der Waals surface area contributed by atoms with Crippen molar-refractivity contribution in [1.82, 2.24) is 20.0 Å². The Kier molecular flexibility index (Phi) is 10.7. The monoisotopic (exact) mass is 338 g/mol. The van der Waals surface area contributed by atoms with Crippen molar-refractivity contribution in [2.75, 3.05) is 27.2 Å². The number of carbonyl (C=O) groups is 1. The van der Waals surface area contributed by atoms with Crippen LogP contribution in [-0.4, -0.2) is 47.8 Å². The molecule has 1 N–H and O–H groups in total. The summed E-state index contributed by atoms with van der Waals surface area (Å²) in [4.78, 5) is 14.0. The highest BCUT2D eigenvalue weighted by Gasteiger charge is 2.20. The van der Waals surface area contributed by atoms with Crippen LogP contribution in [0.15, 0.2) is 0 Å². The average Bonchev–Trinajstić information content (AvgIpc) is 2.61. The lowest BCUT2D eigenvalue weighted by molar-refractivity contribution is -0.133. The molecule has 5 nitrogen and oxygen atoms in total.